The molecule has 4 aromatic rings. The van der Waals surface area contributed by atoms with Crippen LogP contribution in [-0.2, 0) is 4.79 Å². The number of halogens is 3. The van der Waals surface area contributed by atoms with Crippen molar-refractivity contribution >= 4 is 28.1 Å². The zero-order chi connectivity index (χ0) is 26.5. The molecule has 0 spiro atoms. The topological polar surface area (TPSA) is 101 Å². The molecule has 1 aromatic carbocycles. The highest BCUT2D eigenvalue weighted by Crippen LogP contribution is 2.39. The number of fused-ring (bicyclic) bond motifs is 2. The van der Waals surface area contributed by atoms with E-state index in [1.807, 2.05) is 32.9 Å². The van der Waals surface area contributed by atoms with Crippen molar-refractivity contribution in [2.75, 3.05) is 18.4 Å². The number of aromatic nitrogens is 4. The number of carbonyl (C=O) groups excluding carboxylic acids is 1. The Morgan fingerprint density at radius 2 is 1.86 bits per heavy atom. The van der Waals surface area contributed by atoms with Crippen molar-refractivity contribution in [2.24, 2.45) is 11.1 Å². The van der Waals surface area contributed by atoms with Gasteiger partial charge in [0.2, 0.25) is 5.91 Å². The summed E-state index contributed by atoms with van der Waals surface area (Å²) in [4.78, 5) is 18.5. The third kappa shape index (κ3) is 5.01. The molecule has 0 saturated carbocycles. The number of amides is 1. The van der Waals surface area contributed by atoms with E-state index in [1.165, 1.54) is 27.6 Å². The normalized spacial score (nSPS) is 18.0. The molecule has 37 heavy (non-hydrogen) atoms. The maximum atomic E-state index is 14.1. The summed E-state index contributed by atoms with van der Waals surface area (Å²) in [5, 5.41) is 12.1. The Morgan fingerprint density at radius 1 is 1.11 bits per heavy atom. The fourth-order valence-corrected chi connectivity index (χ4v) is 4.54. The molecule has 1 fully saturated rings. The van der Waals surface area contributed by atoms with Crippen LogP contribution in [0.1, 0.15) is 38.8 Å². The van der Waals surface area contributed by atoms with Crippen LogP contribution in [0.3, 0.4) is 0 Å². The Balaban J connectivity index is 1.53. The van der Waals surface area contributed by atoms with Crippen molar-refractivity contribution in [2.45, 2.75) is 45.5 Å². The van der Waals surface area contributed by atoms with Gasteiger partial charge in [0.15, 0.2) is 11.5 Å². The van der Waals surface area contributed by atoms with Crippen LogP contribution < -0.4 is 11.1 Å². The highest BCUT2D eigenvalue weighted by atomic mass is 19.4. The fraction of sp³-hybridized carbons (Fsp3) is 0.385. The number of alkyl halides is 3. The molecule has 1 aliphatic rings. The largest absolute Gasteiger partial charge is 0.408 e. The number of hydrogen-bond donors (Lipinski definition) is 2. The molecule has 3 N–H and O–H groups in total. The zero-order valence-electron chi connectivity index (χ0n) is 20.8. The number of rotatable bonds is 4. The Hall–Kier alpha value is -3.57. The van der Waals surface area contributed by atoms with Crippen LogP contribution in [0.5, 0.6) is 0 Å². The van der Waals surface area contributed by atoms with E-state index in [9.17, 15) is 18.0 Å². The van der Waals surface area contributed by atoms with Crippen molar-refractivity contribution in [1.82, 2.24) is 24.5 Å². The predicted octanol–water partition coefficient (Wildman–Crippen LogP) is 4.57. The van der Waals surface area contributed by atoms with Gasteiger partial charge in [-0.25, -0.2) is 4.98 Å². The van der Waals surface area contributed by atoms with Gasteiger partial charge in [0, 0.05) is 41.8 Å². The van der Waals surface area contributed by atoms with E-state index >= 15 is 0 Å². The van der Waals surface area contributed by atoms with Gasteiger partial charge >= 0.3 is 6.18 Å². The lowest BCUT2D eigenvalue weighted by Gasteiger charge is -2.30. The van der Waals surface area contributed by atoms with Crippen molar-refractivity contribution in [3.05, 3.63) is 54.2 Å². The van der Waals surface area contributed by atoms with Crippen LogP contribution in [0, 0.1) is 5.41 Å². The summed E-state index contributed by atoms with van der Waals surface area (Å²) in [7, 11) is 0. The van der Waals surface area contributed by atoms with Gasteiger partial charge in [-0.15, -0.1) is 10.2 Å². The summed E-state index contributed by atoms with van der Waals surface area (Å²) in [6.07, 6.45) is -2.52. The second kappa shape index (κ2) is 9.07. The Labute approximate surface area is 211 Å². The van der Waals surface area contributed by atoms with E-state index < -0.39 is 17.6 Å². The monoisotopic (exact) mass is 511 g/mol. The molecule has 194 valence electrons. The number of nitrogens with two attached hydrogens (primary N) is 1. The van der Waals surface area contributed by atoms with E-state index in [0.29, 0.717) is 34.8 Å². The van der Waals surface area contributed by atoms with E-state index in [1.54, 1.807) is 18.2 Å². The number of likely N-dealkylation sites (tertiary alicyclic amines) is 1. The quantitative estimate of drug-likeness (QED) is 0.416. The average Bonchev–Trinajstić information content (AvgIpc) is 3.43. The van der Waals surface area contributed by atoms with Gasteiger partial charge in [-0.3, -0.25) is 14.1 Å². The Kier molecular flexibility index (Phi) is 6.15. The maximum Gasteiger partial charge on any atom is 0.408 e. The smallest absolute Gasteiger partial charge is 0.326 e. The van der Waals surface area contributed by atoms with Crippen LogP contribution in [0.15, 0.2) is 48.7 Å². The minimum absolute atomic E-state index is 0.0862. The number of hydrogen-bond acceptors (Lipinski definition) is 6. The summed E-state index contributed by atoms with van der Waals surface area (Å²) in [5.74, 6) is 0.194. The molecule has 5 rings (SSSR count). The first-order chi connectivity index (χ1) is 17.4. The summed E-state index contributed by atoms with van der Waals surface area (Å²) in [6.45, 7) is 5.93. The van der Waals surface area contributed by atoms with Crippen molar-refractivity contribution in [3.63, 3.8) is 0 Å². The van der Waals surface area contributed by atoms with Crippen LogP contribution in [-0.4, -0.2) is 55.7 Å². The van der Waals surface area contributed by atoms with E-state index in [0.717, 1.165) is 5.39 Å². The van der Waals surface area contributed by atoms with E-state index in [-0.39, 0.29) is 30.6 Å². The molecule has 3 aromatic heterocycles. The number of nitrogens with one attached hydrogen (secondary N) is 1. The first kappa shape index (κ1) is 25.1. The Morgan fingerprint density at radius 3 is 2.54 bits per heavy atom. The minimum atomic E-state index is -4.47. The predicted molar refractivity (Wildman–Crippen MR) is 135 cm³/mol. The number of carbonyl (C=O) groups is 1. The lowest BCUT2D eigenvalue weighted by Crippen LogP contribution is -2.38. The van der Waals surface area contributed by atoms with Crippen LogP contribution in [0.25, 0.3) is 28.1 Å². The number of pyridine rings is 2. The third-order valence-corrected chi connectivity index (χ3v) is 6.53. The van der Waals surface area contributed by atoms with Crippen molar-refractivity contribution in [3.8, 4) is 11.5 Å². The van der Waals surface area contributed by atoms with Crippen LogP contribution in [0.2, 0.25) is 0 Å². The molecule has 1 aliphatic heterocycles. The molecule has 8 nitrogen and oxygen atoms in total. The molecule has 4 heterocycles. The highest BCUT2D eigenvalue weighted by Gasteiger charge is 2.46. The van der Waals surface area contributed by atoms with Gasteiger partial charge in [-0.1, -0.05) is 39.0 Å². The molecule has 0 radical (unpaired) electrons. The maximum absolute atomic E-state index is 14.1. The van der Waals surface area contributed by atoms with Crippen LogP contribution in [0.4, 0.5) is 18.9 Å². The standard InChI is InChI=1S/C26H28F3N7O/c1-25(2,3)24(37)31-18-7-4-15-5-8-19(32-20(15)12-18)23-34-33-21-9-6-16(13-36(21)23)22(26(27,28)29)35-11-10-17(30)14-35/h4-9,12-13,17,22H,10-11,14,30H2,1-3H3,(H,31,37)/t17?,22-/m1/s1. The summed E-state index contributed by atoms with van der Waals surface area (Å²) in [5.41, 5.74) is 7.49. The Bertz CT molecular complexity index is 1470. The first-order valence-electron chi connectivity index (χ1n) is 12.0. The van der Waals surface area contributed by atoms with Gasteiger partial charge in [0.1, 0.15) is 11.7 Å². The number of nitrogens with zero attached hydrogens (tertiary/aromatic N) is 5. The molecule has 0 aliphatic carbocycles. The SMILES string of the molecule is CC(C)(C)C(=O)Nc1ccc2ccc(-c3nnc4ccc([C@@H](N5CCC(N)C5)C(F)(F)F)cn34)nc2c1. The van der Waals surface area contributed by atoms with Gasteiger partial charge in [0.05, 0.1) is 5.52 Å². The fourth-order valence-electron chi connectivity index (χ4n) is 4.54. The van der Waals surface area contributed by atoms with Crippen molar-refractivity contribution in [1.29, 1.82) is 0 Å². The molecule has 1 unspecified atom stereocenters. The second-order valence-corrected chi connectivity index (χ2v) is 10.5. The number of anilines is 1. The lowest BCUT2D eigenvalue weighted by atomic mass is 9.95. The average molecular weight is 512 g/mol. The molecule has 1 amide bonds. The van der Waals surface area contributed by atoms with E-state index in [2.05, 4.69) is 20.5 Å². The second-order valence-electron chi connectivity index (χ2n) is 10.5. The van der Waals surface area contributed by atoms with Gasteiger partial charge < -0.3 is 11.1 Å². The summed E-state index contributed by atoms with van der Waals surface area (Å²) < 4.78 is 44.0. The number of benzene rings is 1. The van der Waals surface area contributed by atoms with E-state index in [4.69, 9.17) is 5.73 Å². The molecule has 1 saturated heterocycles. The summed E-state index contributed by atoms with van der Waals surface area (Å²) >= 11 is 0. The molecular formula is C26H28F3N7O. The molecule has 0 bridgehead atoms. The third-order valence-electron chi connectivity index (χ3n) is 6.53. The molecule has 2 atom stereocenters. The van der Waals surface area contributed by atoms with Gasteiger partial charge in [0.25, 0.3) is 0 Å². The van der Waals surface area contributed by atoms with Gasteiger partial charge in [-0.05, 0) is 36.2 Å². The van der Waals surface area contributed by atoms with Crippen LogP contribution >= 0.6 is 0 Å². The first-order valence-corrected chi connectivity index (χ1v) is 12.0. The highest BCUT2D eigenvalue weighted by molar-refractivity contribution is 5.96. The summed E-state index contributed by atoms with van der Waals surface area (Å²) in [6, 6.07) is 9.91. The zero-order valence-corrected chi connectivity index (χ0v) is 20.8. The molecule has 11 heteroatoms. The minimum Gasteiger partial charge on any atom is -0.326 e. The molecular weight excluding hydrogens is 483 g/mol. The van der Waals surface area contributed by atoms with Crippen molar-refractivity contribution < 1.29 is 18.0 Å². The lowest BCUT2D eigenvalue weighted by molar-refractivity contribution is -0.183. The van der Waals surface area contributed by atoms with Gasteiger partial charge in [-0.2, -0.15) is 13.2 Å².